The second-order valence-corrected chi connectivity index (χ2v) is 4.57. The monoisotopic (exact) mass is 244 g/mol. The molecule has 1 unspecified atom stereocenters. The third-order valence-corrected chi connectivity index (χ3v) is 3.01. The Kier molecular flexibility index (Phi) is 4.60. The van der Waals surface area contributed by atoms with Crippen LogP contribution in [-0.4, -0.2) is 24.4 Å². The fourth-order valence-corrected chi connectivity index (χ4v) is 1.68. The van der Waals surface area contributed by atoms with Crippen molar-refractivity contribution in [3.63, 3.8) is 0 Å². The van der Waals surface area contributed by atoms with E-state index in [-0.39, 0.29) is 24.5 Å². The minimum Gasteiger partial charge on any atom is -0.387 e. The van der Waals surface area contributed by atoms with E-state index in [1.54, 1.807) is 13.8 Å². The van der Waals surface area contributed by atoms with Gasteiger partial charge in [0.25, 0.3) is 0 Å². The Morgan fingerprint density at radius 3 is 2.24 bits per heavy atom. The standard InChI is InChI=1S/C13H18F2O2/c1-9(2)13(16,8-17-3)7-10-11(14)5-4-6-12(10)15/h4-6,9,16H,7-8H2,1-3H3. The molecule has 0 amide bonds. The maximum atomic E-state index is 13.5. The van der Waals surface area contributed by atoms with Crippen LogP contribution in [0.4, 0.5) is 8.78 Å². The highest BCUT2D eigenvalue weighted by molar-refractivity contribution is 5.22. The average molecular weight is 244 g/mol. The van der Waals surface area contributed by atoms with E-state index in [0.717, 1.165) is 0 Å². The molecule has 0 aromatic heterocycles. The normalized spacial score (nSPS) is 15.0. The first kappa shape index (κ1) is 14.1. The van der Waals surface area contributed by atoms with Crippen molar-refractivity contribution in [3.05, 3.63) is 35.4 Å². The van der Waals surface area contributed by atoms with Crippen LogP contribution in [0.3, 0.4) is 0 Å². The van der Waals surface area contributed by atoms with Crippen LogP contribution >= 0.6 is 0 Å². The van der Waals surface area contributed by atoms with Gasteiger partial charge in [-0.15, -0.1) is 0 Å². The van der Waals surface area contributed by atoms with Gasteiger partial charge < -0.3 is 9.84 Å². The quantitative estimate of drug-likeness (QED) is 0.862. The number of ether oxygens (including phenoxy) is 1. The van der Waals surface area contributed by atoms with E-state index >= 15 is 0 Å². The summed E-state index contributed by atoms with van der Waals surface area (Å²) in [7, 11) is 1.45. The molecule has 0 radical (unpaired) electrons. The SMILES string of the molecule is COCC(O)(Cc1c(F)cccc1F)C(C)C. The summed E-state index contributed by atoms with van der Waals surface area (Å²) in [6.45, 7) is 3.62. The number of rotatable bonds is 5. The second-order valence-electron chi connectivity index (χ2n) is 4.57. The zero-order valence-electron chi connectivity index (χ0n) is 10.3. The van der Waals surface area contributed by atoms with Gasteiger partial charge in [-0.2, -0.15) is 0 Å². The summed E-state index contributed by atoms with van der Waals surface area (Å²) in [5, 5.41) is 10.3. The van der Waals surface area contributed by atoms with E-state index in [9.17, 15) is 13.9 Å². The topological polar surface area (TPSA) is 29.5 Å². The van der Waals surface area contributed by atoms with Gasteiger partial charge in [-0.3, -0.25) is 0 Å². The largest absolute Gasteiger partial charge is 0.387 e. The Balaban J connectivity index is 3.02. The van der Waals surface area contributed by atoms with Crippen molar-refractivity contribution in [2.75, 3.05) is 13.7 Å². The molecule has 2 nitrogen and oxygen atoms in total. The first-order valence-corrected chi connectivity index (χ1v) is 5.55. The molecule has 1 aromatic rings. The van der Waals surface area contributed by atoms with Crippen molar-refractivity contribution in [1.29, 1.82) is 0 Å². The summed E-state index contributed by atoms with van der Waals surface area (Å²) in [6.07, 6.45) is -0.100. The van der Waals surface area contributed by atoms with Crippen molar-refractivity contribution in [1.82, 2.24) is 0 Å². The Hall–Kier alpha value is -1.00. The van der Waals surface area contributed by atoms with Gasteiger partial charge in [-0.25, -0.2) is 8.78 Å². The molecule has 1 rings (SSSR count). The van der Waals surface area contributed by atoms with Gasteiger partial charge in [-0.1, -0.05) is 19.9 Å². The lowest BCUT2D eigenvalue weighted by Crippen LogP contribution is -2.42. The predicted molar refractivity (Wildman–Crippen MR) is 61.7 cm³/mol. The highest BCUT2D eigenvalue weighted by Gasteiger charge is 2.33. The van der Waals surface area contributed by atoms with Crippen LogP contribution in [0.1, 0.15) is 19.4 Å². The number of halogens is 2. The van der Waals surface area contributed by atoms with Gasteiger partial charge in [0.2, 0.25) is 0 Å². The maximum Gasteiger partial charge on any atom is 0.129 e. The number of aliphatic hydroxyl groups is 1. The molecule has 0 saturated heterocycles. The third kappa shape index (κ3) is 3.23. The highest BCUT2D eigenvalue weighted by Crippen LogP contribution is 2.25. The molecule has 1 atom stereocenters. The minimum atomic E-state index is -1.27. The van der Waals surface area contributed by atoms with Gasteiger partial charge in [0, 0.05) is 19.1 Å². The molecule has 0 spiro atoms. The summed E-state index contributed by atoms with van der Waals surface area (Å²) in [5.74, 6) is -1.44. The zero-order valence-corrected chi connectivity index (χ0v) is 10.3. The molecule has 0 heterocycles. The van der Waals surface area contributed by atoms with Crippen molar-refractivity contribution < 1.29 is 18.6 Å². The van der Waals surface area contributed by atoms with E-state index in [0.29, 0.717) is 0 Å². The number of hydrogen-bond acceptors (Lipinski definition) is 2. The second kappa shape index (κ2) is 5.56. The Labute approximate surface area is 100 Å². The van der Waals surface area contributed by atoms with Gasteiger partial charge in [0.15, 0.2) is 0 Å². The van der Waals surface area contributed by atoms with Crippen LogP contribution in [0.25, 0.3) is 0 Å². The fourth-order valence-electron chi connectivity index (χ4n) is 1.68. The molecule has 17 heavy (non-hydrogen) atoms. The summed E-state index contributed by atoms with van der Waals surface area (Å²) >= 11 is 0. The van der Waals surface area contributed by atoms with Gasteiger partial charge in [0.05, 0.1) is 12.2 Å². The maximum absolute atomic E-state index is 13.5. The molecule has 0 aliphatic rings. The van der Waals surface area contributed by atoms with Crippen molar-refractivity contribution in [2.24, 2.45) is 5.92 Å². The Morgan fingerprint density at radius 2 is 1.82 bits per heavy atom. The van der Waals surface area contributed by atoms with E-state index in [4.69, 9.17) is 4.74 Å². The van der Waals surface area contributed by atoms with Gasteiger partial charge in [0.1, 0.15) is 11.6 Å². The molecule has 0 bridgehead atoms. The molecular weight excluding hydrogens is 226 g/mol. The van der Waals surface area contributed by atoms with Crippen LogP contribution in [-0.2, 0) is 11.2 Å². The lowest BCUT2D eigenvalue weighted by atomic mass is 9.84. The van der Waals surface area contributed by atoms with Crippen LogP contribution < -0.4 is 0 Å². The lowest BCUT2D eigenvalue weighted by Gasteiger charge is -2.31. The first-order chi connectivity index (χ1) is 7.90. The molecule has 4 heteroatoms. The fraction of sp³-hybridized carbons (Fsp3) is 0.538. The number of hydrogen-bond donors (Lipinski definition) is 1. The highest BCUT2D eigenvalue weighted by atomic mass is 19.1. The summed E-state index contributed by atoms with van der Waals surface area (Å²) in [6, 6.07) is 3.68. The lowest BCUT2D eigenvalue weighted by molar-refractivity contribution is -0.0646. The van der Waals surface area contributed by atoms with Gasteiger partial charge >= 0.3 is 0 Å². The van der Waals surface area contributed by atoms with Crippen molar-refractivity contribution in [2.45, 2.75) is 25.9 Å². The molecular formula is C13H18F2O2. The van der Waals surface area contributed by atoms with Crippen molar-refractivity contribution in [3.8, 4) is 0 Å². The predicted octanol–water partition coefficient (Wildman–Crippen LogP) is 2.54. The molecule has 96 valence electrons. The average Bonchev–Trinajstić information content (AvgIpc) is 2.24. The summed E-state index contributed by atoms with van der Waals surface area (Å²) in [5.41, 5.74) is -1.36. The summed E-state index contributed by atoms with van der Waals surface area (Å²) in [4.78, 5) is 0. The third-order valence-electron chi connectivity index (χ3n) is 3.01. The molecule has 0 fully saturated rings. The van der Waals surface area contributed by atoms with E-state index in [2.05, 4.69) is 0 Å². The first-order valence-electron chi connectivity index (χ1n) is 5.55. The molecule has 0 aliphatic heterocycles. The summed E-state index contributed by atoms with van der Waals surface area (Å²) < 4.78 is 31.9. The van der Waals surface area contributed by atoms with E-state index < -0.39 is 17.2 Å². The van der Waals surface area contributed by atoms with Gasteiger partial charge in [-0.05, 0) is 18.1 Å². The molecule has 0 saturated carbocycles. The zero-order chi connectivity index (χ0) is 13.1. The van der Waals surface area contributed by atoms with Crippen LogP contribution in [0.15, 0.2) is 18.2 Å². The van der Waals surface area contributed by atoms with Crippen LogP contribution in [0.5, 0.6) is 0 Å². The smallest absolute Gasteiger partial charge is 0.129 e. The molecule has 1 aromatic carbocycles. The number of benzene rings is 1. The number of methoxy groups -OCH3 is 1. The Bertz CT molecular complexity index is 359. The molecule has 1 N–H and O–H groups in total. The van der Waals surface area contributed by atoms with Crippen LogP contribution in [0.2, 0.25) is 0 Å². The van der Waals surface area contributed by atoms with Crippen LogP contribution in [0, 0.1) is 17.6 Å². The van der Waals surface area contributed by atoms with E-state index in [1.165, 1.54) is 25.3 Å². The minimum absolute atomic E-state index is 0.0401. The Morgan fingerprint density at radius 1 is 1.29 bits per heavy atom. The molecule has 0 aliphatic carbocycles. The van der Waals surface area contributed by atoms with E-state index in [1.807, 2.05) is 0 Å². The van der Waals surface area contributed by atoms with Crippen molar-refractivity contribution >= 4 is 0 Å².